The molecule has 0 saturated carbocycles. The van der Waals surface area contributed by atoms with E-state index >= 15 is 0 Å². The van der Waals surface area contributed by atoms with Crippen LogP contribution in [0, 0.1) is 22.7 Å². The SMILES string of the molecule is CC1CCCN1CCCN1CCN(CCCO)C1=C(C#N)C#N. The number of allylic oxidation sites excluding steroid dienone is 1. The normalized spacial score (nSPS) is 21.6. The highest BCUT2D eigenvalue weighted by molar-refractivity contribution is 5.40. The van der Waals surface area contributed by atoms with Gasteiger partial charge in [0.05, 0.1) is 0 Å². The van der Waals surface area contributed by atoms with Crippen molar-refractivity contribution in [2.75, 3.05) is 45.9 Å². The fraction of sp³-hybridized carbons (Fsp3) is 0.765. The van der Waals surface area contributed by atoms with Crippen molar-refractivity contribution >= 4 is 0 Å². The minimum absolute atomic E-state index is 0.130. The molecule has 0 spiro atoms. The summed E-state index contributed by atoms with van der Waals surface area (Å²) in [7, 11) is 0. The van der Waals surface area contributed by atoms with Gasteiger partial charge in [-0.1, -0.05) is 0 Å². The van der Waals surface area contributed by atoms with Crippen LogP contribution in [-0.4, -0.2) is 71.7 Å². The van der Waals surface area contributed by atoms with E-state index in [9.17, 15) is 10.5 Å². The van der Waals surface area contributed by atoms with Gasteiger partial charge in [0.1, 0.15) is 18.0 Å². The van der Waals surface area contributed by atoms with Crippen LogP contribution < -0.4 is 0 Å². The van der Waals surface area contributed by atoms with Crippen molar-refractivity contribution in [1.29, 1.82) is 10.5 Å². The minimum atomic E-state index is 0.130. The number of aliphatic hydroxyl groups excluding tert-OH is 1. The fourth-order valence-electron chi connectivity index (χ4n) is 3.58. The number of nitriles is 2. The van der Waals surface area contributed by atoms with Crippen molar-refractivity contribution in [2.24, 2.45) is 0 Å². The monoisotopic (exact) mass is 317 g/mol. The molecule has 1 atom stereocenters. The third-order valence-corrected chi connectivity index (χ3v) is 4.84. The van der Waals surface area contributed by atoms with Crippen LogP contribution in [0.5, 0.6) is 0 Å². The number of likely N-dealkylation sites (tertiary alicyclic amines) is 1. The van der Waals surface area contributed by atoms with Gasteiger partial charge in [0.15, 0.2) is 5.57 Å². The van der Waals surface area contributed by atoms with Crippen molar-refractivity contribution in [3.63, 3.8) is 0 Å². The Labute approximate surface area is 139 Å². The van der Waals surface area contributed by atoms with E-state index in [1.807, 2.05) is 12.1 Å². The summed E-state index contributed by atoms with van der Waals surface area (Å²) >= 11 is 0. The number of rotatable bonds is 7. The lowest BCUT2D eigenvalue weighted by atomic mass is 10.2. The molecular weight excluding hydrogens is 290 g/mol. The summed E-state index contributed by atoms with van der Waals surface area (Å²) < 4.78 is 0. The molecule has 2 fully saturated rings. The molecule has 2 rings (SSSR count). The average molecular weight is 317 g/mol. The van der Waals surface area contributed by atoms with Gasteiger partial charge in [-0.25, -0.2) is 0 Å². The zero-order valence-electron chi connectivity index (χ0n) is 14.0. The second kappa shape index (κ2) is 8.76. The molecule has 0 aromatic carbocycles. The van der Waals surface area contributed by atoms with Gasteiger partial charge in [0.25, 0.3) is 0 Å². The maximum atomic E-state index is 9.24. The van der Waals surface area contributed by atoms with E-state index in [4.69, 9.17) is 5.11 Å². The number of hydrogen-bond donors (Lipinski definition) is 1. The summed E-state index contributed by atoms with van der Waals surface area (Å²) in [6, 6.07) is 4.74. The van der Waals surface area contributed by atoms with Crippen molar-refractivity contribution in [1.82, 2.24) is 14.7 Å². The van der Waals surface area contributed by atoms with Crippen LogP contribution in [0.1, 0.15) is 32.6 Å². The molecule has 2 heterocycles. The van der Waals surface area contributed by atoms with Crippen LogP contribution in [0.3, 0.4) is 0 Å². The van der Waals surface area contributed by atoms with Crippen LogP contribution in [-0.2, 0) is 0 Å². The van der Waals surface area contributed by atoms with Crippen LogP contribution in [0.2, 0.25) is 0 Å². The zero-order valence-corrected chi connectivity index (χ0v) is 14.0. The summed E-state index contributed by atoms with van der Waals surface area (Å²) in [4.78, 5) is 6.76. The molecule has 6 heteroatoms. The number of hydrogen-bond acceptors (Lipinski definition) is 6. The molecule has 0 amide bonds. The molecule has 2 saturated heterocycles. The molecule has 6 nitrogen and oxygen atoms in total. The predicted molar refractivity (Wildman–Crippen MR) is 88.0 cm³/mol. The van der Waals surface area contributed by atoms with E-state index in [-0.39, 0.29) is 12.2 Å². The Morgan fingerprint density at radius 2 is 1.74 bits per heavy atom. The summed E-state index contributed by atoms with van der Waals surface area (Å²) in [5, 5.41) is 27.5. The van der Waals surface area contributed by atoms with E-state index < -0.39 is 0 Å². The highest BCUT2D eigenvalue weighted by Gasteiger charge is 2.28. The maximum absolute atomic E-state index is 9.24. The van der Waals surface area contributed by atoms with Gasteiger partial charge in [-0.15, -0.1) is 0 Å². The molecule has 0 aromatic rings. The molecule has 0 aliphatic carbocycles. The molecule has 0 aromatic heterocycles. The molecule has 126 valence electrons. The van der Waals surface area contributed by atoms with Crippen molar-refractivity contribution in [3.05, 3.63) is 11.4 Å². The number of aliphatic hydroxyl groups is 1. The van der Waals surface area contributed by atoms with Crippen molar-refractivity contribution < 1.29 is 5.11 Å². The quantitative estimate of drug-likeness (QED) is 0.709. The van der Waals surface area contributed by atoms with Gasteiger partial charge in [-0.05, 0) is 39.2 Å². The molecule has 1 N–H and O–H groups in total. The second-order valence-electron chi connectivity index (χ2n) is 6.35. The summed E-state index contributed by atoms with van der Waals surface area (Å²) in [5.74, 6) is 0.762. The third-order valence-electron chi connectivity index (χ3n) is 4.84. The first kappa shape index (κ1) is 17.6. The summed E-state index contributed by atoms with van der Waals surface area (Å²) in [6.45, 7) is 7.92. The Bertz CT molecular complexity index is 488. The Morgan fingerprint density at radius 1 is 1.09 bits per heavy atom. The van der Waals surface area contributed by atoms with Crippen LogP contribution in [0.4, 0.5) is 0 Å². The summed E-state index contributed by atoms with van der Waals surface area (Å²) in [5.41, 5.74) is 0.190. The third kappa shape index (κ3) is 4.37. The predicted octanol–water partition coefficient (Wildman–Crippen LogP) is 1.12. The zero-order chi connectivity index (χ0) is 16.7. The highest BCUT2D eigenvalue weighted by Crippen LogP contribution is 2.23. The fourth-order valence-corrected chi connectivity index (χ4v) is 3.58. The van der Waals surface area contributed by atoms with Gasteiger partial charge in [-0.2, -0.15) is 10.5 Å². The molecule has 23 heavy (non-hydrogen) atoms. The number of nitrogens with zero attached hydrogens (tertiary/aromatic N) is 5. The second-order valence-corrected chi connectivity index (χ2v) is 6.35. The largest absolute Gasteiger partial charge is 0.396 e. The lowest BCUT2D eigenvalue weighted by molar-refractivity contribution is 0.239. The first-order chi connectivity index (χ1) is 11.2. The van der Waals surface area contributed by atoms with E-state index in [0.717, 1.165) is 38.4 Å². The van der Waals surface area contributed by atoms with Crippen LogP contribution >= 0.6 is 0 Å². The van der Waals surface area contributed by atoms with Gasteiger partial charge >= 0.3 is 0 Å². The molecule has 2 aliphatic rings. The van der Waals surface area contributed by atoms with Gasteiger partial charge in [0.2, 0.25) is 0 Å². The van der Waals surface area contributed by atoms with Gasteiger partial charge < -0.3 is 19.8 Å². The van der Waals surface area contributed by atoms with Gasteiger partial charge in [0, 0.05) is 45.4 Å². The van der Waals surface area contributed by atoms with E-state index in [0.29, 0.717) is 19.0 Å². The molecule has 1 unspecified atom stereocenters. The lowest BCUT2D eigenvalue weighted by Crippen LogP contribution is -2.31. The molecular formula is C17H27N5O. The van der Waals surface area contributed by atoms with E-state index in [1.165, 1.54) is 19.4 Å². The molecule has 2 aliphatic heterocycles. The summed E-state index contributed by atoms with van der Waals surface area (Å²) in [6.07, 6.45) is 4.29. The lowest BCUT2D eigenvalue weighted by Gasteiger charge is -2.26. The molecule has 0 bridgehead atoms. The maximum Gasteiger partial charge on any atom is 0.169 e. The minimum Gasteiger partial charge on any atom is -0.396 e. The smallest absolute Gasteiger partial charge is 0.169 e. The van der Waals surface area contributed by atoms with E-state index in [2.05, 4.69) is 21.6 Å². The Balaban J connectivity index is 1.95. The van der Waals surface area contributed by atoms with Crippen molar-refractivity contribution in [3.8, 4) is 12.1 Å². The Kier molecular flexibility index (Phi) is 6.70. The first-order valence-electron chi connectivity index (χ1n) is 8.60. The van der Waals surface area contributed by atoms with Crippen molar-refractivity contribution in [2.45, 2.75) is 38.6 Å². The average Bonchev–Trinajstić information content (AvgIpc) is 3.14. The van der Waals surface area contributed by atoms with E-state index in [1.54, 1.807) is 0 Å². The van der Waals surface area contributed by atoms with Gasteiger partial charge in [-0.3, -0.25) is 0 Å². The highest BCUT2D eigenvalue weighted by atomic mass is 16.3. The Hall–Kier alpha value is -1.76. The molecule has 0 radical (unpaired) electrons. The topological polar surface area (TPSA) is 77.5 Å². The van der Waals surface area contributed by atoms with Crippen LogP contribution in [0.15, 0.2) is 11.4 Å². The van der Waals surface area contributed by atoms with Crippen LogP contribution in [0.25, 0.3) is 0 Å². The first-order valence-corrected chi connectivity index (χ1v) is 8.60. The standard InChI is InChI=1S/C17H27N5O/c1-15-5-2-6-20(15)7-3-8-21-10-11-22(9-4-12-23)17(21)16(13-18)14-19/h15,23H,2-12H2,1H3. The Morgan fingerprint density at radius 3 is 2.26 bits per heavy atom.